The number of hydrogen-bond donors (Lipinski definition) is 2. The van der Waals surface area contributed by atoms with Crippen LogP contribution in [0.3, 0.4) is 0 Å². The molecule has 132 valence electrons. The Bertz CT molecular complexity index is 848. The number of nitrogens with zero attached hydrogens (tertiary/aromatic N) is 1. The van der Waals surface area contributed by atoms with E-state index in [1.807, 2.05) is 6.92 Å². The topological polar surface area (TPSA) is 74.8 Å². The summed E-state index contributed by atoms with van der Waals surface area (Å²) >= 11 is 0. The number of rotatable bonds is 6. The fourth-order valence-corrected chi connectivity index (χ4v) is 3.08. The van der Waals surface area contributed by atoms with Crippen molar-refractivity contribution in [3.05, 3.63) is 63.8 Å². The van der Waals surface area contributed by atoms with Crippen molar-refractivity contribution >= 4 is 5.91 Å². The number of aromatic nitrogens is 2. The molecule has 7 heteroatoms. The summed E-state index contributed by atoms with van der Waals surface area (Å²) < 4.78 is 27.1. The molecule has 0 saturated heterocycles. The molecule has 5 nitrogen and oxygen atoms in total. The number of carbonyl (C=O) groups excluding carboxylic acids is 1. The molecule has 1 aliphatic rings. The molecule has 1 atom stereocenters. The third kappa shape index (κ3) is 4.10. The number of hydrogen-bond acceptors (Lipinski definition) is 3. The van der Waals surface area contributed by atoms with Crippen LogP contribution in [0.2, 0.25) is 0 Å². The zero-order chi connectivity index (χ0) is 18.0. The van der Waals surface area contributed by atoms with Crippen molar-refractivity contribution in [2.75, 3.05) is 6.54 Å². The standard InChI is InChI=1S/C18H19F2N3O2/c1-18(12-3-4-12,9-11-2-5-13(19)8-14(11)20)10-22-17(25)16-21-7-6-15(24)23-16/h2,5-8,12H,3-4,9-10H2,1H3,(H,22,25)(H,21,23,24)/t18-/m0/s1. The predicted octanol–water partition coefficient (Wildman–Crippen LogP) is 2.44. The molecular weight excluding hydrogens is 328 g/mol. The Morgan fingerprint density at radius 3 is 2.76 bits per heavy atom. The van der Waals surface area contributed by atoms with Gasteiger partial charge in [-0.25, -0.2) is 13.8 Å². The lowest BCUT2D eigenvalue weighted by Gasteiger charge is -2.30. The number of aromatic amines is 1. The summed E-state index contributed by atoms with van der Waals surface area (Å²) in [5.41, 5.74) is -0.335. The third-order valence-electron chi connectivity index (χ3n) is 4.71. The fourth-order valence-electron chi connectivity index (χ4n) is 3.08. The summed E-state index contributed by atoms with van der Waals surface area (Å²) in [6.45, 7) is 2.29. The van der Waals surface area contributed by atoms with Gasteiger partial charge in [0.15, 0.2) is 5.82 Å². The molecule has 1 fully saturated rings. The highest BCUT2D eigenvalue weighted by Gasteiger charge is 2.42. The van der Waals surface area contributed by atoms with Gasteiger partial charge >= 0.3 is 0 Å². The van der Waals surface area contributed by atoms with Crippen LogP contribution in [0.5, 0.6) is 0 Å². The summed E-state index contributed by atoms with van der Waals surface area (Å²) in [5.74, 6) is -1.36. The van der Waals surface area contributed by atoms with Crippen molar-refractivity contribution in [3.8, 4) is 0 Å². The molecule has 1 aliphatic carbocycles. The van der Waals surface area contributed by atoms with Gasteiger partial charge in [0.05, 0.1) is 0 Å². The minimum Gasteiger partial charge on any atom is -0.349 e. The third-order valence-corrected chi connectivity index (χ3v) is 4.71. The van der Waals surface area contributed by atoms with E-state index in [-0.39, 0.29) is 11.2 Å². The molecule has 0 radical (unpaired) electrons. The van der Waals surface area contributed by atoms with Gasteiger partial charge in [-0.3, -0.25) is 9.59 Å². The smallest absolute Gasteiger partial charge is 0.287 e. The number of benzene rings is 1. The van der Waals surface area contributed by atoms with Gasteiger partial charge in [0.25, 0.3) is 11.5 Å². The zero-order valence-electron chi connectivity index (χ0n) is 13.8. The lowest BCUT2D eigenvalue weighted by atomic mass is 9.78. The first-order chi connectivity index (χ1) is 11.9. The molecule has 2 N–H and O–H groups in total. The number of halogens is 2. The first-order valence-corrected chi connectivity index (χ1v) is 8.15. The van der Waals surface area contributed by atoms with Crippen molar-refractivity contribution < 1.29 is 13.6 Å². The summed E-state index contributed by atoms with van der Waals surface area (Å²) in [7, 11) is 0. The second kappa shape index (κ2) is 6.74. The van der Waals surface area contributed by atoms with Crippen LogP contribution in [0.25, 0.3) is 0 Å². The molecule has 1 heterocycles. The zero-order valence-corrected chi connectivity index (χ0v) is 13.8. The van der Waals surface area contributed by atoms with E-state index in [2.05, 4.69) is 15.3 Å². The molecule has 3 rings (SSSR count). The van der Waals surface area contributed by atoms with Crippen LogP contribution < -0.4 is 10.9 Å². The highest BCUT2D eigenvalue weighted by atomic mass is 19.1. The van der Waals surface area contributed by atoms with E-state index in [1.54, 1.807) is 0 Å². The average molecular weight is 347 g/mol. The lowest BCUT2D eigenvalue weighted by Crippen LogP contribution is -2.39. The van der Waals surface area contributed by atoms with Crippen molar-refractivity contribution in [1.29, 1.82) is 0 Å². The quantitative estimate of drug-likeness (QED) is 0.843. The predicted molar refractivity (Wildman–Crippen MR) is 88.1 cm³/mol. The molecule has 1 amide bonds. The minimum absolute atomic E-state index is 0.0568. The van der Waals surface area contributed by atoms with Crippen LogP contribution >= 0.6 is 0 Å². The van der Waals surface area contributed by atoms with E-state index < -0.39 is 23.1 Å². The highest BCUT2D eigenvalue weighted by molar-refractivity contribution is 5.90. The lowest BCUT2D eigenvalue weighted by molar-refractivity contribution is 0.0915. The maximum Gasteiger partial charge on any atom is 0.287 e. The summed E-state index contributed by atoms with van der Waals surface area (Å²) in [5, 5.41) is 2.77. The highest BCUT2D eigenvalue weighted by Crippen LogP contribution is 2.47. The number of carbonyl (C=O) groups is 1. The molecule has 0 spiro atoms. The molecule has 0 unspecified atom stereocenters. The van der Waals surface area contributed by atoms with Crippen LogP contribution in [0.15, 0.2) is 35.3 Å². The van der Waals surface area contributed by atoms with Crippen LogP contribution in [0, 0.1) is 23.0 Å². The van der Waals surface area contributed by atoms with E-state index in [1.165, 1.54) is 24.4 Å². The van der Waals surface area contributed by atoms with Gasteiger partial charge in [0.2, 0.25) is 0 Å². The van der Waals surface area contributed by atoms with Crippen molar-refractivity contribution in [2.24, 2.45) is 11.3 Å². The van der Waals surface area contributed by atoms with Gasteiger partial charge in [-0.1, -0.05) is 13.0 Å². The van der Waals surface area contributed by atoms with Gasteiger partial charge in [0, 0.05) is 24.9 Å². The molecule has 25 heavy (non-hydrogen) atoms. The Morgan fingerprint density at radius 1 is 1.36 bits per heavy atom. The van der Waals surface area contributed by atoms with E-state index in [4.69, 9.17) is 0 Å². The van der Waals surface area contributed by atoms with Gasteiger partial charge in [-0.15, -0.1) is 0 Å². The minimum atomic E-state index is -0.609. The SMILES string of the molecule is C[C@@](CNC(=O)c1nccc(=O)[nH]1)(Cc1ccc(F)cc1F)C1CC1. The molecule has 1 aromatic heterocycles. The van der Waals surface area contributed by atoms with E-state index >= 15 is 0 Å². The molecule has 1 aromatic carbocycles. The largest absolute Gasteiger partial charge is 0.349 e. The van der Waals surface area contributed by atoms with Gasteiger partial charge in [-0.05, 0) is 42.2 Å². The first kappa shape index (κ1) is 17.3. The summed E-state index contributed by atoms with van der Waals surface area (Å²) in [6, 6.07) is 4.79. The Balaban J connectivity index is 1.72. The van der Waals surface area contributed by atoms with E-state index in [9.17, 15) is 18.4 Å². The maximum atomic E-state index is 14.0. The number of nitrogens with one attached hydrogen (secondary N) is 2. The van der Waals surface area contributed by atoms with Crippen molar-refractivity contribution in [2.45, 2.75) is 26.2 Å². The Hall–Kier alpha value is -2.57. The van der Waals surface area contributed by atoms with Crippen LogP contribution in [-0.2, 0) is 6.42 Å². The van der Waals surface area contributed by atoms with Gasteiger partial charge in [0.1, 0.15) is 11.6 Å². The molecule has 0 aliphatic heterocycles. The van der Waals surface area contributed by atoms with E-state index in [0.717, 1.165) is 18.9 Å². The average Bonchev–Trinajstić information content (AvgIpc) is 3.41. The molecule has 2 aromatic rings. The molecule has 0 bridgehead atoms. The number of amides is 1. The van der Waals surface area contributed by atoms with Crippen molar-refractivity contribution in [1.82, 2.24) is 15.3 Å². The van der Waals surface area contributed by atoms with Gasteiger partial charge < -0.3 is 10.3 Å². The maximum absolute atomic E-state index is 14.0. The van der Waals surface area contributed by atoms with E-state index in [0.29, 0.717) is 24.4 Å². The summed E-state index contributed by atoms with van der Waals surface area (Å²) in [4.78, 5) is 29.7. The molecular formula is C18H19F2N3O2. The normalized spacial score (nSPS) is 16.3. The number of H-pyrrole nitrogens is 1. The summed E-state index contributed by atoms with van der Waals surface area (Å²) in [6.07, 6.45) is 3.68. The van der Waals surface area contributed by atoms with Crippen molar-refractivity contribution in [3.63, 3.8) is 0 Å². The van der Waals surface area contributed by atoms with Crippen LogP contribution in [0.4, 0.5) is 8.78 Å². The first-order valence-electron chi connectivity index (χ1n) is 8.15. The Morgan fingerprint density at radius 2 is 2.12 bits per heavy atom. The Labute approximate surface area is 143 Å². The van der Waals surface area contributed by atoms with Gasteiger partial charge in [-0.2, -0.15) is 0 Å². The van der Waals surface area contributed by atoms with Crippen LogP contribution in [-0.4, -0.2) is 22.4 Å². The second-order valence-electron chi connectivity index (χ2n) is 6.81. The Kier molecular flexibility index (Phi) is 4.65. The van der Waals surface area contributed by atoms with Crippen LogP contribution in [0.1, 0.15) is 35.9 Å². The monoisotopic (exact) mass is 347 g/mol. The second-order valence-corrected chi connectivity index (χ2v) is 6.81. The molecule has 1 saturated carbocycles. The fraction of sp³-hybridized carbons (Fsp3) is 0.389.